The van der Waals surface area contributed by atoms with E-state index < -0.39 is 0 Å². The van der Waals surface area contributed by atoms with E-state index in [1.807, 2.05) is 19.1 Å². The number of nitrogens with zero attached hydrogens (tertiary/aromatic N) is 2. The average Bonchev–Trinajstić information content (AvgIpc) is 2.56. The van der Waals surface area contributed by atoms with Crippen molar-refractivity contribution < 1.29 is 14.2 Å². The van der Waals surface area contributed by atoms with Gasteiger partial charge in [-0.05, 0) is 31.1 Å². The topological polar surface area (TPSA) is 106 Å². The Morgan fingerprint density at radius 3 is 2.67 bits per heavy atom. The van der Waals surface area contributed by atoms with Crippen LogP contribution in [-0.4, -0.2) is 24.2 Å². The molecule has 1 aliphatic heterocycles. The lowest BCUT2D eigenvalue weighted by molar-refractivity contribution is 0.322. The molecule has 7 nitrogen and oxygen atoms in total. The first kappa shape index (κ1) is 15.9. The second-order valence-electron chi connectivity index (χ2n) is 5.52. The molecule has 1 aliphatic rings. The van der Waals surface area contributed by atoms with Crippen LogP contribution in [-0.2, 0) is 12.8 Å². The summed E-state index contributed by atoms with van der Waals surface area (Å²) in [5, 5.41) is 0. The summed E-state index contributed by atoms with van der Waals surface area (Å²) < 4.78 is 16.8. The van der Waals surface area contributed by atoms with E-state index in [2.05, 4.69) is 9.97 Å². The largest absolute Gasteiger partial charge is 0.493 e. The zero-order valence-electron chi connectivity index (χ0n) is 13.9. The SMILES string of the molecule is COc1cc(Cc2cnc(N)nc2N)c2c(c1OC)OC(C)=CC2. The molecule has 0 amide bonds. The van der Waals surface area contributed by atoms with E-state index in [-0.39, 0.29) is 5.95 Å². The lowest BCUT2D eigenvalue weighted by atomic mass is 9.95. The molecule has 0 fully saturated rings. The van der Waals surface area contributed by atoms with Crippen LogP contribution in [0.5, 0.6) is 17.2 Å². The van der Waals surface area contributed by atoms with Crippen molar-refractivity contribution in [3.8, 4) is 17.2 Å². The zero-order valence-corrected chi connectivity index (χ0v) is 13.9. The van der Waals surface area contributed by atoms with E-state index in [4.69, 9.17) is 25.7 Å². The summed E-state index contributed by atoms with van der Waals surface area (Å²) >= 11 is 0. The Bertz CT molecular complexity index is 818. The van der Waals surface area contributed by atoms with Gasteiger partial charge >= 0.3 is 0 Å². The molecule has 3 rings (SSSR count). The minimum Gasteiger partial charge on any atom is -0.493 e. The molecule has 0 saturated heterocycles. The van der Waals surface area contributed by atoms with Crippen LogP contribution in [0.3, 0.4) is 0 Å². The van der Waals surface area contributed by atoms with Gasteiger partial charge in [0.15, 0.2) is 11.5 Å². The molecule has 2 aromatic rings. The van der Waals surface area contributed by atoms with Crippen LogP contribution in [0.15, 0.2) is 24.1 Å². The minimum absolute atomic E-state index is 0.160. The Kier molecular flexibility index (Phi) is 4.16. The maximum atomic E-state index is 5.96. The second-order valence-corrected chi connectivity index (χ2v) is 5.52. The third kappa shape index (κ3) is 2.80. The Balaban J connectivity index is 2.10. The van der Waals surface area contributed by atoms with Crippen LogP contribution in [0.1, 0.15) is 23.6 Å². The molecule has 24 heavy (non-hydrogen) atoms. The number of anilines is 2. The van der Waals surface area contributed by atoms with E-state index in [0.717, 1.165) is 28.9 Å². The van der Waals surface area contributed by atoms with Crippen LogP contribution in [0.25, 0.3) is 0 Å². The summed E-state index contributed by atoms with van der Waals surface area (Å²) in [5.74, 6) is 3.24. The van der Waals surface area contributed by atoms with Gasteiger partial charge in [0.1, 0.15) is 5.82 Å². The van der Waals surface area contributed by atoms with Crippen molar-refractivity contribution in [3.05, 3.63) is 40.8 Å². The van der Waals surface area contributed by atoms with Crippen molar-refractivity contribution >= 4 is 11.8 Å². The molecule has 1 aromatic carbocycles. The smallest absolute Gasteiger partial charge is 0.221 e. The van der Waals surface area contributed by atoms with Gasteiger partial charge in [0, 0.05) is 23.7 Å². The Hall–Kier alpha value is -2.96. The number of hydrogen-bond acceptors (Lipinski definition) is 7. The molecule has 2 heterocycles. The van der Waals surface area contributed by atoms with Crippen LogP contribution < -0.4 is 25.7 Å². The number of nitrogen functional groups attached to an aromatic ring is 2. The van der Waals surface area contributed by atoms with Gasteiger partial charge in [0.2, 0.25) is 11.7 Å². The van der Waals surface area contributed by atoms with Gasteiger partial charge in [-0.25, -0.2) is 4.98 Å². The molecule has 0 radical (unpaired) electrons. The summed E-state index contributed by atoms with van der Waals surface area (Å²) in [6, 6.07) is 1.94. The zero-order chi connectivity index (χ0) is 17.3. The quantitative estimate of drug-likeness (QED) is 0.885. The summed E-state index contributed by atoms with van der Waals surface area (Å²) in [7, 11) is 3.20. The summed E-state index contributed by atoms with van der Waals surface area (Å²) in [6.45, 7) is 1.91. The third-order valence-electron chi connectivity index (χ3n) is 3.98. The van der Waals surface area contributed by atoms with Crippen LogP contribution in [0.4, 0.5) is 11.8 Å². The molecule has 1 aromatic heterocycles. The van der Waals surface area contributed by atoms with E-state index in [1.165, 1.54) is 0 Å². The number of methoxy groups -OCH3 is 2. The lowest BCUT2D eigenvalue weighted by Crippen LogP contribution is -2.10. The monoisotopic (exact) mass is 328 g/mol. The summed E-state index contributed by atoms with van der Waals surface area (Å²) in [4.78, 5) is 8.04. The highest BCUT2D eigenvalue weighted by molar-refractivity contribution is 5.62. The van der Waals surface area contributed by atoms with E-state index in [9.17, 15) is 0 Å². The first-order chi connectivity index (χ1) is 11.5. The van der Waals surface area contributed by atoms with E-state index in [0.29, 0.717) is 29.5 Å². The fourth-order valence-electron chi connectivity index (χ4n) is 2.76. The molecule has 126 valence electrons. The van der Waals surface area contributed by atoms with Gasteiger partial charge in [-0.2, -0.15) is 4.98 Å². The van der Waals surface area contributed by atoms with Gasteiger partial charge in [0.05, 0.1) is 20.0 Å². The van der Waals surface area contributed by atoms with Gasteiger partial charge in [-0.3, -0.25) is 0 Å². The molecule has 0 aliphatic carbocycles. The lowest BCUT2D eigenvalue weighted by Gasteiger charge is -2.23. The molecular weight excluding hydrogens is 308 g/mol. The van der Waals surface area contributed by atoms with Crippen molar-refractivity contribution in [2.45, 2.75) is 19.8 Å². The first-order valence-corrected chi connectivity index (χ1v) is 7.51. The Labute approximate surface area is 140 Å². The molecule has 7 heteroatoms. The molecule has 0 unspecified atom stereocenters. The predicted molar refractivity (Wildman–Crippen MR) is 91.3 cm³/mol. The first-order valence-electron chi connectivity index (χ1n) is 7.51. The van der Waals surface area contributed by atoms with Crippen LogP contribution >= 0.6 is 0 Å². The van der Waals surface area contributed by atoms with Crippen molar-refractivity contribution in [1.82, 2.24) is 9.97 Å². The van der Waals surface area contributed by atoms with E-state index >= 15 is 0 Å². The fraction of sp³-hybridized carbons (Fsp3) is 0.294. The molecular formula is C17H20N4O3. The maximum absolute atomic E-state index is 5.96. The van der Waals surface area contributed by atoms with E-state index in [1.54, 1.807) is 20.4 Å². The minimum atomic E-state index is 0.160. The van der Waals surface area contributed by atoms with Crippen LogP contribution in [0, 0.1) is 0 Å². The maximum Gasteiger partial charge on any atom is 0.221 e. The number of aromatic nitrogens is 2. The number of benzene rings is 1. The highest BCUT2D eigenvalue weighted by Gasteiger charge is 2.24. The Morgan fingerprint density at radius 2 is 2.00 bits per heavy atom. The van der Waals surface area contributed by atoms with Crippen molar-refractivity contribution in [1.29, 1.82) is 0 Å². The second kappa shape index (κ2) is 6.27. The number of rotatable bonds is 4. The molecule has 0 bridgehead atoms. The third-order valence-corrected chi connectivity index (χ3v) is 3.98. The Morgan fingerprint density at radius 1 is 1.21 bits per heavy atom. The van der Waals surface area contributed by atoms with Crippen molar-refractivity contribution in [2.75, 3.05) is 25.7 Å². The van der Waals surface area contributed by atoms with Gasteiger partial charge in [-0.15, -0.1) is 0 Å². The van der Waals surface area contributed by atoms with Gasteiger partial charge in [-0.1, -0.05) is 0 Å². The highest BCUT2D eigenvalue weighted by Crippen LogP contribution is 2.45. The van der Waals surface area contributed by atoms with Gasteiger partial charge in [0.25, 0.3) is 0 Å². The summed E-state index contributed by atoms with van der Waals surface area (Å²) in [5.41, 5.74) is 14.4. The number of ether oxygens (including phenoxy) is 3. The molecule has 0 atom stereocenters. The van der Waals surface area contributed by atoms with Gasteiger partial charge < -0.3 is 25.7 Å². The van der Waals surface area contributed by atoms with Crippen LogP contribution in [0.2, 0.25) is 0 Å². The van der Waals surface area contributed by atoms with Crippen molar-refractivity contribution in [3.63, 3.8) is 0 Å². The molecule has 0 saturated carbocycles. The number of fused-ring (bicyclic) bond motifs is 1. The average molecular weight is 328 g/mol. The molecule has 4 N–H and O–H groups in total. The summed E-state index contributed by atoms with van der Waals surface area (Å²) in [6.07, 6.45) is 4.96. The number of hydrogen-bond donors (Lipinski definition) is 2. The predicted octanol–water partition coefficient (Wildman–Crippen LogP) is 2.09. The normalized spacial score (nSPS) is 12.9. The number of nitrogens with two attached hydrogens (primary N) is 2. The van der Waals surface area contributed by atoms with Crippen molar-refractivity contribution in [2.24, 2.45) is 0 Å². The number of allylic oxidation sites excluding steroid dienone is 2. The fourth-order valence-corrected chi connectivity index (χ4v) is 2.76. The standard InChI is InChI=1S/C17H20N4O3/c1-9-4-5-12-10(6-11-8-20-17(19)21-16(11)18)7-13(22-2)15(23-3)14(12)24-9/h4,7-8H,5-6H2,1-3H3,(H4,18,19,20,21). The highest BCUT2D eigenvalue weighted by atomic mass is 16.5. The molecule has 0 spiro atoms.